The minimum absolute atomic E-state index is 1.78. The van der Waals surface area contributed by atoms with Gasteiger partial charge in [0.1, 0.15) is 0 Å². The van der Waals surface area contributed by atoms with E-state index in [9.17, 15) is 43.9 Å². The Kier molecular flexibility index (Phi) is 4.15. The monoisotopic (exact) mass is 318 g/mol. The van der Waals surface area contributed by atoms with E-state index >= 15 is 0 Å². The van der Waals surface area contributed by atoms with Gasteiger partial charge in [0.2, 0.25) is 0 Å². The largest absolute Gasteiger partial charge is 0.478 e. The van der Waals surface area contributed by atoms with Crippen LogP contribution in [-0.4, -0.2) is 34.7 Å². The SMILES string of the molecule is OC(F)(OC(F)(F)C(F)(Cl)C(F)(F)F)C(F)(F)F. The third-order valence-corrected chi connectivity index (χ3v) is 1.77. The zero-order valence-electron chi connectivity index (χ0n) is 7.51. The van der Waals surface area contributed by atoms with Gasteiger partial charge in [-0.3, -0.25) is 0 Å². The summed E-state index contributed by atoms with van der Waals surface area (Å²) in [5.41, 5.74) is 0. The minimum atomic E-state index is -6.60. The molecule has 2 nitrogen and oxygen atoms in total. The molecule has 110 valence electrons. The normalized spacial score (nSPS) is 21.3. The number of rotatable bonds is 3. The van der Waals surface area contributed by atoms with E-state index in [1.165, 1.54) is 0 Å². The summed E-state index contributed by atoms with van der Waals surface area (Å²) in [6, 6.07) is -6.23. The molecule has 0 heterocycles. The van der Waals surface area contributed by atoms with Gasteiger partial charge in [-0.25, -0.2) is 9.13 Å². The van der Waals surface area contributed by atoms with Gasteiger partial charge in [0.05, 0.1) is 0 Å². The van der Waals surface area contributed by atoms with E-state index in [1.54, 1.807) is 4.74 Å². The van der Waals surface area contributed by atoms with Crippen LogP contribution in [0.5, 0.6) is 0 Å². The highest BCUT2D eigenvalue weighted by atomic mass is 35.5. The quantitative estimate of drug-likeness (QED) is 0.492. The molecule has 2 atom stereocenters. The minimum Gasteiger partial charge on any atom is -0.332 e. The van der Waals surface area contributed by atoms with E-state index in [-0.39, 0.29) is 0 Å². The lowest BCUT2D eigenvalue weighted by atomic mass is 10.3. The van der Waals surface area contributed by atoms with Gasteiger partial charge in [0.15, 0.2) is 0 Å². The Morgan fingerprint density at radius 3 is 1.28 bits per heavy atom. The summed E-state index contributed by atoms with van der Waals surface area (Å²) >= 11 is 3.65. The summed E-state index contributed by atoms with van der Waals surface area (Å²) in [7, 11) is 0. The fourth-order valence-electron chi connectivity index (χ4n) is 0.457. The van der Waals surface area contributed by atoms with Gasteiger partial charge in [0.25, 0.3) is 0 Å². The first-order valence-corrected chi connectivity index (χ1v) is 3.84. The number of hydrogen-bond acceptors (Lipinski definition) is 2. The summed E-state index contributed by atoms with van der Waals surface area (Å²) in [5.74, 6) is 0. The van der Waals surface area contributed by atoms with Gasteiger partial charge < -0.3 is 5.11 Å². The first kappa shape index (κ1) is 17.5. The predicted octanol–water partition coefficient (Wildman–Crippen LogP) is 3.24. The van der Waals surface area contributed by atoms with Crippen LogP contribution in [0.15, 0.2) is 0 Å². The van der Waals surface area contributed by atoms with E-state index in [0.717, 1.165) is 0 Å². The molecule has 0 saturated heterocycles. The van der Waals surface area contributed by atoms with Crippen LogP contribution in [0.2, 0.25) is 0 Å². The number of alkyl halides is 11. The molecule has 0 rings (SSSR count). The van der Waals surface area contributed by atoms with Gasteiger partial charge >= 0.3 is 29.6 Å². The standard InChI is InChI=1S/C5HClF10O2/c6-1(7,2(8,9)10)4(14,15)18-5(16,17)3(11,12)13/h17H. The number of aliphatic hydroxyl groups is 1. The van der Waals surface area contributed by atoms with Crippen molar-refractivity contribution in [2.75, 3.05) is 0 Å². The smallest absolute Gasteiger partial charge is 0.332 e. The highest BCUT2D eigenvalue weighted by Crippen LogP contribution is 2.51. The molecule has 0 aromatic carbocycles. The third-order valence-electron chi connectivity index (χ3n) is 1.33. The molecule has 0 saturated carbocycles. The van der Waals surface area contributed by atoms with Crippen LogP contribution >= 0.6 is 11.6 Å². The molecule has 13 heteroatoms. The van der Waals surface area contributed by atoms with E-state index < -0.39 is 29.6 Å². The van der Waals surface area contributed by atoms with Crippen LogP contribution in [0.3, 0.4) is 0 Å². The Morgan fingerprint density at radius 2 is 1.06 bits per heavy atom. The van der Waals surface area contributed by atoms with Crippen molar-refractivity contribution in [3.05, 3.63) is 0 Å². The van der Waals surface area contributed by atoms with Gasteiger partial charge in [-0.2, -0.15) is 39.5 Å². The van der Waals surface area contributed by atoms with Crippen LogP contribution in [-0.2, 0) is 4.74 Å². The van der Waals surface area contributed by atoms with Gasteiger partial charge in [-0.15, -0.1) is 0 Å². The maximum atomic E-state index is 12.4. The molecule has 0 aliphatic rings. The number of ether oxygens (including phenoxy) is 1. The fraction of sp³-hybridized carbons (Fsp3) is 1.00. The Hall–Kier alpha value is -0.490. The summed E-state index contributed by atoms with van der Waals surface area (Å²) in [4.78, 5) is 0. The molecule has 0 radical (unpaired) electrons. The second-order valence-corrected chi connectivity index (χ2v) is 3.27. The van der Waals surface area contributed by atoms with Crippen molar-refractivity contribution < 1.29 is 53.7 Å². The molecule has 0 aliphatic carbocycles. The highest BCUT2D eigenvalue weighted by Gasteiger charge is 2.76. The molecule has 1 N–H and O–H groups in total. The lowest BCUT2D eigenvalue weighted by Gasteiger charge is -2.32. The van der Waals surface area contributed by atoms with Gasteiger partial charge in [-0.05, 0) is 0 Å². The molecule has 2 unspecified atom stereocenters. The Labute approximate surface area is 96.1 Å². The van der Waals surface area contributed by atoms with Crippen molar-refractivity contribution in [2.24, 2.45) is 0 Å². The summed E-state index contributed by atoms with van der Waals surface area (Å²) in [5, 5.41) is 1.55. The van der Waals surface area contributed by atoms with Crippen LogP contribution in [0.25, 0.3) is 0 Å². The Bertz CT molecular complexity index is 304. The molecule has 0 aromatic rings. The van der Waals surface area contributed by atoms with Crippen LogP contribution in [0.1, 0.15) is 0 Å². The predicted molar refractivity (Wildman–Crippen MR) is 33.9 cm³/mol. The van der Waals surface area contributed by atoms with Crippen molar-refractivity contribution in [1.29, 1.82) is 0 Å². The molecule has 0 spiro atoms. The van der Waals surface area contributed by atoms with Crippen molar-refractivity contribution >= 4 is 11.6 Å². The molecule has 0 aromatic heterocycles. The lowest BCUT2D eigenvalue weighted by Crippen LogP contribution is -2.58. The second kappa shape index (κ2) is 4.27. The van der Waals surface area contributed by atoms with Crippen LogP contribution in [0, 0.1) is 0 Å². The number of halogens is 11. The maximum absolute atomic E-state index is 12.4. The molecule has 0 fully saturated rings. The van der Waals surface area contributed by atoms with E-state index in [1.807, 2.05) is 0 Å². The second-order valence-electron chi connectivity index (χ2n) is 2.75. The van der Waals surface area contributed by atoms with E-state index in [2.05, 4.69) is 11.6 Å². The lowest BCUT2D eigenvalue weighted by molar-refractivity contribution is -0.502. The highest BCUT2D eigenvalue weighted by molar-refractivity contribution is 6.24. The number of hydrogen-bond donors (Lipinski definition) is 1. The van der Waals surface area contributed by atoms with Crippen LogP contribution < -0.4 is 0 Å². The molecule has 18 heavy (non-hydrogen) atoms. The zero-order valence-corrected chi connectivity index (χ0v) is 8.27. The van der Waals surface area contributed by atoms with Crippen molar-refractivity contribution in [3.8, 4) is 0 Å². The molecule has 0 aliphatic heterocycles. The van der Waals surface area contributed by atoms with Crippen molar-refractivity contribution in [1.82, 2.24) is 0 Å². The average Bonchev–Trinajstić information content (AvgIpc) is 1.96. The zero-order chi connectivity index (χ0) is 15.2. The first-order chi connectivity index (χ1) is 7.46. The molecular weight excluding hydrogens is 317 g/mol. The van der Waals surface area contributed by atoms with E-state index in [0.29, 0.717) is 0 Å². The van der Waals surface area contributed by atoms with Crippen molar-refractivity contribution in [3.63, 3.8) is 0 Å². The van der Waals surface area contributed by atoms with Crippen molar-refractivity contribution in [2.45, 2.75) is 29.6 Å². The molecule has 0 bridgehead atoms. The average molecular weight is 318 g/mol. The topological polar surface area (TPSA) is 29.5 Å². The Balaban J connectivity index is 5.33. The summed E-state index contributed by atoms with van der Waals surface area (Å²) < 4.78 is 121. The van der Waals surface area contributed by atoms with Gasteiger partial charge in [0, 0.05) is 0 Å². The third kappa shape index (κ3) is 3.09. The summed E-state index contributed by atoms with van der Waals surface area (Å²) in [6.07, 6.45) is -19.7. The fourth-order valence-corrected chi connectivity index (χ4v) is 0.495. The maximum Gasteiger partial charge on any atom is 0.478 e. The summed E-state index contributed by atoms with van der Waals surface area (Å²) in [6.45, 7) is 0. The van der Waals surface area contributed by atoms with Gasteiger partial charge in [-0.1, -0.05) is 11.6 Å². The first-order valence-electron chi connectivity index (χ1n) is 3.46. The van der Waals surface area contributed by atoms with E-state index in [4.69, 9.17) is 5.11 Å². The Morgan fingerprint density at radius 1 is 0.722 bits per heavy atom. The molecular formula is C5HClF10O2. The van der Waals surface area contributed by atoms with Crippen LogP contribution in [0.4, 0.5) is 43.9 Å². The molecule has 0 amide bonds.